The van der Waals surface area contributed by atoms with E-state index in [1.54, 1.807) is 0 Å². The van der Waals surface area contributed by atoms with Gasteiger partial charge in [-0.15, -0.1) is 0 Å². The first-order valence-corrected chi connectivity index (χ1v) is 11.0. The molecular weight excluding hydrogens is 356 g/mol. The summed E-state index contributed by atoms with van der Waals surface area (Å²) in [5.74, 6) is 1.36. The summed E-state index contributed by atoms with van der Waals surface area (Å²) in [6.07, 6.45) is 7.24. The molecule has 28 heavy (non-hydrogen) atoms. The first-order valence-electron chi connectivity index (χ1n) is 11.0. The molecule has 8 atom stereocenters. The number of ether oxygens (including phenoxy) is 2. The van der Waals surface area contributed by atoms with Gasteiger partial charge in [0.05, 0.1) is 0 Å². The summed E-state index contributed by atoms with van der Waals surface area (Å²) >= 11 is 0. The molecule has 4 fully saturated rings. The highest BCUT2D eigenvalue weighted by Crippen LogP contribution is 2.65. The number of rotatable bonds is 2. The molecule has 0 N–H and O–H groups in total. The molecule has 4 saturated carbocycles. The molecule has 0 bridgehead atoms. The zero-order valence-corrected chi connectivity index (χ0v) is 17.7. The van der Waals surface area contributed by atoms with E-state index in [4.69, 9.17) is 9.47 Å². The van der Waals surface area contributed by atoms with Crippen LogP contribution in [0.5, 0.6) is 0 Å². The number of carbonyl (C=O) groups is 3. The first-order chi connectivity index (χ1) is 13.1. The summed E-state index contributed by atoms with van der Waals surface area (Å²) in [6, 6.07) is 0. The highest BCUT2D eigenvalue weighted by Gasteiger charge is 2.64. The fourth-order valence-electron chi connectivity index (χ4n) is 7.73. The van der Waals surface area contributed by atoms with E-state index in [0.29, 0.717) is 30.0 Å². The van der Waals surface area contributed by atoms with E-state index in [1.807, 2.05) is 0 Å². The Morgan fingerprint density at radius 1 is 0.929 bits per heavy atom. The monoisotopic (exact) mass is 390 g/mol. The standard InChI is InChI=1S/C23H34O5/c1-13(24)27-16-9-10-22(3)15(11-16)5-6-17-18-7-8-20(28-14(2)25)23(18,4)12-19(26)21(17)22/h15-18,20-21H,5-12H2,1-4H3/t15-,16-,17-,18-,20-,21+,22-,23-/m0/s1. The molecule has 5 nitrogen and oxygen atoms in total. The van der Waals surface area contributed by atoms with Gasteiger partial charge in [-0.25, -0.2) is 0 Å². The summed E-state index contributed by atoms with van der Waals surface area (Å²) in [4.78, 5) is 36.5. The summed E-state index contributed by atoms with van der Waals surface area (Å²) in [5.41, 5.74) is -0.195. The van der Waals surface area contributed by atoms with Gasteiger partial charge in [-0.3, -0.25) is 14.4 Å². The van der Waals surface area contributed by atoms with Crippen LogP contribution < -0.4 is 0 Å². The van der Waals surface area contributed by atoms with Crippen molar-refractivity contribution in [2.75, 3.05) is 0 Å². The topological polar surface area (TPSA) is 69.7 Å². The van der Waals surface area contributed by atoms with E-state index in [1.165, 1.54) is 13.8 Å². The van der Waals surface area contributed by atoms with Gasteiger partial charge in [-0.1, -0.05) is 13.8 Å². The number of hydrogen-bond acceptors (Lipinski definition) is 5. The molecule has 0 aliphatic heterocycles. The van der Waals surface area contributed by atoms with Crippen LogP contribution in [0.15, 0.2) is 0 Å². The van der Waals surface area contributed by atoms with Crippen LogP contribution in [0.2, 0.25) is 0 Å². The van der Waals surface area contributed by atoms with Gasteiger partial charge in [0.25, 0.3) is 0 Å². The quantitative estimate of drug-likeness (QED) is 0.665. The van der Waals surface area contributed by atoms with Crippen LogP contribution in [0.3, 0.4) is 0 Å². The molecule has 4 rings (SSSR count). The number of carbonyl (C=O) groups excluding carboxylic acids is 3. The number of fused-ring (bicyclic) bond motifs is 5. The van der Waals surface area contributed by atoms with Crippen molar-refractivity contribution in [2.24, 2.45) is 34.5 Å². The van der Waals surface area contributed by atoms with Crippen molar-refractivity contribution in [1.82, 2.24) is 0 Å². The summed E-state index contributed by atoms with van der Waals surface area (Å²) in [5, 5.41) is 0. The number of Topliss-reactive ketones (excluding diaryl/α,β-unsaturated/α-hetero) is 1. The van der Waals surface area contributed by atoms with E-state index in [0.717, 1.165) is 44.9 Å². The average Bonchev–Trinajstić information content (AvgIpc) is 2.90. The molecule has 0 radical (unpaired) electrons. The van der Waals surface area contributed by atoms with Crippen molar-refractivity contribution in [3.05, 3.63) is 0 Å². The van der Waals surface area contributed by atoms with E-state index in [9.17, 15) is 14.4 Å². The SMILES string of the molecule is CC(=O)O[C@H]1CC[C@@]2(C)[C@@H](CC[C@H]3[C@@H]4CC[C@H](OC(C)=O)[C@@]4(C)CC(=O)[C@@H]32)C1. The van der Waals surface area contributed by atoms with Crippen molar-refractivity contribution in [2.45, 2.75) is 91.3 Å². The minimum absolute atomic E-state index is 0.0101. The fraction of sp³-hybridized carbons (Fsp3) is 0.870. The van der Waals surface area contributed by atoms with Crippen molar-refractivity contribution < 1.29 is 23.9 Å². The second kappa shape index (κ2) is 6.84. The predicted octanol–water partition coefficient (Wildman–Crippen LogP) is 4.07. The zero-order valence-electron chi connectivity index (χ0n) is 17.7. The maximum Gasteiger partial charge on any atom is 0.302 e. The summed E-state index contributed by atoms with van der Waals surface area (Å²) in [7, 11) is 0. The van der Waals surface area contributed by atoms with Crippen molar-refractivity contribution in [1.29, 1.82) is 0 Å². The van der Waals surface area contributed by atoms with Gasteiger partial charge < -0.3 is 9.47 Å². The van der Waals surface area contributed by atoms with Gasteiger partial charge in [0.1, 0.15) is 18.0 Å². The Labute approximate surface area is 167 Å². The summed E-state index contributed by atoms with van der Waals surface area (Å²) in [6.45, 7) is 7.45. The maximum absolute atomic E-state index is 13.5. The second-order valence-corrected chi connectivity index (χ2v) is 10.4. The van der Waals surface area contributed by atoms with E-state index in [-0.39, 0.29) is 40.9 Å². The predicted molar refractivity (Wildman–Crippen MR) is 103 cm³/mol. The van der Waals surface area contributed by atoms with E-state index >= 15 is 0 Å². The lowest BCUT2D eigenvalue weighted by atomic mass is 9.44. The van der Waals surface area contributed by atoms with Crippen LogP contribution in [-0.4, -0.2) is 29.9 Å². The molecule has 5 heteroatoms. The van der Waals surface area contributed by atoms with Crippen LogP contribution >= 0.6 is 0 Å². The van der Waals surface area contributed by atoms with Gasteiger partial charge in [0, 0.05) is 31.6 Å². The maximum atomic E-state index is 13.5. The van der Waals surface area contributed by atoms with Crippen LogP contribution in [0.25, 0.3) is 0 Å². The Morgan fingerprint density at radius 3 is 2.32 bits per heavy atom. The molecule has 4 aliphatic rings. The van der Waals surface area contributed by atoms with Crippen LogP contribution in [-0.2, 0) is 23.9 Å². The van der Waals surface area contributed by atoms with Crippen LogP contribution in [0.4, 0.5) is 0 Å². The van der Waals surface area contributed by atoms with Crippen LogP contribution in [0, 0.1) is 34.5 Å². The molecule has 0 saturated heterocycles. The minimum Gasteiger partial charge on any atom is -0.463 e. The minimum atomic E-state index is -0.235. The smallest absolute Gasteiger partial charge is 0.302 e. The Morgan fingerprint density at radius 2 is 1.64 bits per heavy atom. The molecule has 0 heterocycles. The molecule has 0 unspecified atom stereocenters. The first kappa shape index (κ1) is 19.9. The zero-order chi connectivity index (χ0) is 20.3. The van der Waals surface area contributed by atoms with E-state index < -0.39 is 0 Å². The Kier molecular flexibility index (Phi) is 4.86. The second-order valence-electron chi connectivity index (χ2n) is 10.4. The Balaban J connectivity index is 1.57. The molecule has 0 aromatic rings. The lowest BCUT2D eigenvalue weighted by molar-refractivity contribution is -0.175. The molecule has 0 spiro atoms. The number of hydrogen-bond donors (Lipinski definition) is 0. The fourth-order valence-corrected chi connectivity index (χ4v) is 7.73. The normalized spacial score (nSPS) is 47.5. The Bertz CT molecular complexity index is 686. The highest BCUT2D eigenvalue weighted by atomic mass is 16.5. The largest absolute Gasteiger partial charge is 0.463 e. The lowest BCUT2D eigenvalue weighted by Crippen LogP contribution is -2.58. The van der Waals surface area contributed by atoms with Crippen molar-refractivity contribution in [3.63, 3.8) is 0 Å². The van der Waals surface area contributed by atoms with Crippen molar-refractivity contribution >= 4 is 17.7 Å². The van der Waals surface area contributed by atoms with E-state index in [2.05, 4.69) is 13.8 Å². The highest BCUT2D eigenvalue weighted by molar-refractivity contribution is 5.84. The molecule has 0 aromatic carbocycles. The molecule has 156 valence electrons. The van der Waals surface area contributed by atoms with Gasteiger partial charge in [-0.2, -0.15) is 0 Å². The molecule has 0 aromatic heterocycles. The third-order valence-corrected chi connectivity index (χ3v) is 8.85. The average molecular weight is 391 g/mol. The third kappa shape index (κ3) is 3.00. The number of ketones is 1. The van der Waals surface area contributed by atoms with Gasteiger partial charge in [-0.05, 0) is 68.1 Å². The summed E-state index contributed by atoms with van der Waals surface area (Å²) < 4.78 is 11.2. The molecule has 0 amide bonds. The number of esters is 2. The molecule has 4 aliphatic carbocycles. The van der Waals surface area contributed by atoms with Gasteiger partial charge in [0.15, 0.2) is 0 Å². The third-order valence-electron chi connectivity index (χ3n) is 8.85. The lowest BCUT2D eigenvalue weighted by Gasteiger charge is -2.59. The Hall–Kier alpha value is -1.39. The van der Waals surface area contributed by atoms with Gasteiger partial charge >= 0.3 is 11.9 Å². The van der Waals surface area contributed by atoms with Crippen LogP contribution in [0.1, 0.15) is 79.1 Å². The van der Waals surface area contributed by atoms with Crippen molar-refractivity contribution in [3.8, 4) is 0 Å². The van der Waals surface area contributed by atoms with Gasteiger partial charge in [0.2, 0.25) is 0 Å². The molecular formula is C23H34O5.